The van der Waals surface area contributed by atoms with Crippen molar-refractivity contribution in [2.75, 3.05) is 6.61 Å². The quantitative estimate of drug-likeness (QED) is 0.410. The normalized spacial score (nSPS) is 21.6. The highest BCUT2D eigenvalue weighted by molar-refractivity contribution is 6.49. The molecule has 0 unspecified atom stereocenters. The Morgan fingerprint density at radius 3 is 2.29 bits per heavy atom. The second kappa shape index (κ2) is 6.38. The molecule has 2 aliphatic carbocycles. The topological polar surface area (TPSA) is 18.5 Å². The first-order valence-corrected chi connectivity index (χ1v) is 8.46. The third-order valence-corrected chi connectivity index (χ3v) is 4.71. The predicted molar refractivity (Wildman–Crippen MR) is 73.0 cm³/mol. The van der Waals surface area contributed by atoms with Crippen molar-refractivity contribution >= 4 is 15.1 Å². The van der Waals surface area contributed by atoms with Gasteiger partial charge in [0.15, 0.2) is 0 Å². The van der Waals surface area contributed by atoms with Gasteiger partial charge in [0.05, 0.1) is 12.4 Å². The van der Waals surface area contributed by atoms with Crippen LogP contribution in [0.1, 0.15) is 51.4 Å². The molecule has 0 saturated heterocycles. The minimum Gasteiger partial charge on any atom is -0.523 e. The summed E-state index contributed by atoms with van der Waals surface area (Å²) in [5.74, 6) is 2.24. The van der Waals surface area contributed by atoms with Gasteiger partial charge in [-0.1, -0.05) is 32.3 Å². The van der Waals surface area contributed by atoms with Crippen molar-refractivity contribution in [3.05, 3.63) is 12.3 Å². The van der Waals surface area contributed by atoms with Crippen molar-refractivity contribution in [2.45, 2.75) is 51.4 Å². The van der Waals surface area contributed by atoms with E-state index in [9.17, 15) is 0 Å². The van der Waals surface area contributed by atoms with Crippen LogP contribution >= 0.6 is 0 Å². The van der Waals surface area contributed by atoms with Crippen LogP contribution < -0.4 is 0 Å². The first-order valence-electron chi connectivity index (χ1n) is 6.94. The molecule has 0 aromatic heterocycles. The average molecular weight is 252 g/mol. The lowest BCUT2D eigenvalue weighted by atomic mass is 10.0. The first kappa shape index (κ1) is 12.9. The molecule has 0 aliphatic heterocycles. The van der Waals surface area contributed by atoms with Crippen LogP contribution in [0.15, 0.2) is 12.3 Å². The Hall–Kier alpha value is -0.573. The molecule has 0 bridgehead atoms. The van der Waals surface area contributed by atoms with Crippen molar-refractivity contribution in [3.8, 4) is 0 Å². The Kier molecular flexibility index (Phi) is 4.83. The molecule has 2 fully saturated rings. The highest BCUT2D eigenvalue weighted by Gasteiger charge is 2.27. The van der Waals surface area contributed by atoms with E-state index in [1.807, 2.05) is 0 Å². The molecule has 0 spiro atoms. The van der Waals surface area contributed by atoms with Crippen molar-refractivity contribution < 1.29 is 8.85 Å². The Morgan fingerprint density at radius 1 is 1.06 bits per heavy atom. The van der Waals surface area contributed by atoms with E-state index in [-0.39, 0.29) is 0 Å². The summed E-state index contributed by atoms with van der Waals surface area (Å²) in [5.41, 5.74) is 0. The molecule has 17 heavy (non-hydrogen) atoms. The van der Waals surface area contributed by atoms with Gasteiger partial charge in [0.25, 0.3) is 0 Å². The Bertz CT molecular complexity index is 276. The lowest BCUT2D eigenvalue weighted by Gasteiger charge is -2.17. The summed E-state index contributed by atoms with van der Waals surface area (Å²) in [6.45, 7) is 4.79. The van der Waals surface area contributed by atoms with E-state index < -0.39 is 8.90 Å². The van der Waals surface area contributed by atoms with Gasteiger partial charge in [-0.05, 0) is 37.8 Å². The van der Waals surface area contributed by atoms with Crippen LogP contribution in [-0.4, -0.2) is 21.7 Å². The van der Waals surface area contributed by atoms with Crippen LogP contribution in [0.3, 0.4) is 0 Å². The minimum absolute atomic E-state index is 0.596. The van der Waals surface area contributed by atoms with Crippen LogP contribution in [0.2, 0.25) is 0 Å². The van der Waals surface area contributed by atoms with E-state index in [4.69, 9.17) is 8.85 Å². The molecule has 96 valence electrons. The molecule has 3 heteroatoms. The minimum atomic E-state index is -1.35. The highest BCUT2D eigenvalue weighted by atomic mass is 28.3. The second-order valence-corrected chi connectivity index (χ2v) is 6.62. The Labute approximate surface area is 106 Å². The maximum atomic E-state index is 5.79. The molecular formula is C14H24O2Si. The zero-order valence-electron chi connectivity index (χ0n) is 10.7. The lowest BCUT2D eigenvalue weighted by molar-refractivity contribution is 0.197. The van der Waals surface area contributed by atoms with Crippen LogP contribution in [0.4, 0.5) is 0 Å². The van der Waals surface area contributed by atoms with Gasteiger partial charge < -0.3 is 8.85 Å². The van der Waals surface area contributed by atoms with Gasteiger partial charge in [0.1, 0.15) is 0 Å². The van der Waals surface area contributed by atoms with E-state index in [0.29, 0.717) is 5.92 Å². The summed E-state index contributed by atoms with van der Waals surface area (Å²) in [6.07, 6.45) is 14.6. The fraction of sp³-hybridized carbons (Fsp3) is 0.786. The second-order valence-electron chi connectivity index (χ2n) is 5.38. The summed E-state index contributed by atoms with van der Waals surface area (Å²) < 4.78 is 11.5. The fourth-order valence-corrected chi connectivity index (χ4v) is 3.35. The van der Waals surface area contributed by atoms with E-state index in [1.165, 1.54) is 51.4 Å². The summed E-state index contributed by atoms with van der Waals surface area (Å²) in [7, 11) is -1.35. The number of hydrogen-bond donors (Lipinski definition) is 0. The van der Waals surface area contributed by atoms with Crippen molar-refractivity contribution in [1.82, 2.24) is 0 Å². The predicted octanol–water partition coefficient (Wildman–Crippen LogP) is 3.42. The van der Waals surface area contributed by atoms with Crippen molar-refractivity contribution in [3.63, 3.8) is 0 Å². The smallest absolute Gasteiger partial charge is 0.477 e. The fourth-order valence-electron chi connectivity index (χ4n) is 2.41. The van der Waals surface area contributed by atoms with E-state index in [2.05, 4.69) is 12.8 Å². The van der Waals surface area contributed by atoms with Gasteiger partial charge in [-0.15, -0.1) is 0 Å². The molecule has 0 atom stereocenters. The van der Waals surface area contributed by atoms with Crippen LogP contribution in [-0.2, 0) is 8.85 Å². The van der Waals surface area contributed by atoms with Gasteiger partial charge >= 0.3 is 8.90 Å². The molecule has 2 aliphatic rings. The summed E-state index contributed by atoms with van der Waals surface area (Å²) in [4.78, 5) is 0. The monoisotopic (exact) mass is 252 g/mol. The lowest BCUT2D eigenvalue weighted by Crippen LogP contribution is -2.18. The van der Waals surface area contributed by atoms with Crippen molar-refractivity contribution in [2.24, 2.45) is 11.8 Å². The average Bonchev–Trinajstić information content (AvgIpc) is 3.13. The van der Waals surface area contributed by atoms with E-state index >= 15 is 0 Å². The maximum Gasteiger partial charge on any atom is 0.477 e. The molecule has 0 radical (unpaired) electrons. The van der Waals surface area contributed by atoms with Crippen LogP contribution in [0, 0.1) is 11.8 Å². The zero-order chi connectivity index (χ0) is 12.1. The number of hydrogen-bond acceptors (Lipinski definition) is 2. The summed E-state index contributed by atoms with van der Waals surface area (Å²) >= 11 is 0. The molecule has 0 heterocycles. The molecule has 2 nitrogen and oxygen atoms in total. The zero-order valence-corrected chi connectivity index (χ0v) is 11.7. The van der Waals surface area contributed by atoms with Gasteiger partial charge in [-0.3, -0.25) is 0 Å². The highest BCUT2D eigenvalue weighted by Crippen LogP contribution is 2.35. The molecule has 2 saturated carbocycles. The van der Waals surface area contributed by atoms with E-state index in [1.54, 1.807) is 0 Å². The first-order chi connectivity index (χ1) is 8.25. The molecule has 0 N–H and O–H groups in total. The largest absolute Gasteiger partial charge is 0.523 e. The van der Waals surface area contributed by atoms with Gasteiger partial charge in [0.2, 0.25) is 0 Å². The Balaban J connectivity index is 1.62. The summed E-state index contributed by atoms with van der Waals surface area (Å²) in [5, 5.41) is 0. The molecule has 0 aromatic rings. The van der Waals surface area contributed by atoms with Crippen LogP contribution in [0.5, 0.6) is 0 Å². The van der Waals surface area contributed by atoms with Gasteiger partial charge in [-0.25, -0.2) is 0 Å². The third-order valence-electron chi connectivity index (χ3n) is 3.73. The van der Waals surface area contributed by atoms with Gasteiger partial charge in [-0.2, -0.15) is 0 Å². The SMILES string of the molecule is C=C(O[Si](=C)OCC1CCCCCC1)C1CC1. The number of rotatable bonds is 6. The van der Waals surface area contributed by atoms with Gasteiger partial charge in [0, 0.05) is 5.92 Å². The third kappa shape index (κ3) is 4.66. The van der Waals surface area contributed by atoms with Crippen LogP contribution in [0.25, 0.3) is 0 Å². The Morgan fingerprint density at radius 2 is 1.71 bits per heavy atom. The number of allylic oxidation sites excluding steroid dienone is 1. The maximum absolute atomic E-state index is 5.79. The standard InChI is InChI=1S/C14H24O2Si/c1-12(14-9-10-14)16-17(2)15-11-13-7-5-3-4-6-8-13/h13-14H,1-11H2. The molecule has 2 rings (SSSR count). The molecule has 0 amide bonds. The van der Waals surface area contributed by atoms with E-state index in [0.717, 1.165) is 18.3 Å². The summed E-state index contributed by atoms with van der Waals surface area (Å²) in [6, 6.07) is 0. The van der Waals surface area contributed by atoms with Crippen molar-refractivity contribution in [1.29, 1.82) is 0 Å². The molecular weight excluding hydrogens is 228 g/mol. The molecule has 0 aromatic carbocycles.